The third kappa shape index (κ3) is 5.53. The number of para-hydroxylation sites is 1. The van der Waals surface area contributed by atoms with Gasteiger partial charge in [-0.1, -0.05) is 36.4 Å². The lowest BCUT2D eigenvalue weighted by Crippen LogP contribution is -2.39. The lowest BCUT2D eigenvalue weighted by molar-refractivity contribution is 0.0917. The van der Waals surface area contributed by atoms with Gasteiger partial charge in [0.25, 0.3) is 5.91 Å². The summed E-state index contributed by atoms with van der Waals surface area (Å²) in [5.74, 6) is 0.802. The summed E-state index contributed by atoms with van der Waals surface area (Å²) >= 11 is 0. The number of aromatic amines is 1. The Kier molecular flexibility index (Phi) is 7.78. The molecule has 220 valence electrons. The van der Waals surface area contributed by atoms with Gasteiger partial charge in [0.2, 0.25) is 0 Å². The van der Waals surface area contributed by atoms with Gasteiger partial charge in [-0.25, -0.2) is 4.39 Å². The molecular formula is C35H33FN2O5. The van der Waals surface area contributed by atoms with Gasteiger partial charge in [-0.2, -0.15) is 0 Å². The number of hydrogen-bond donors (Lipinski definition) is 3. The van der Waals surface area contributed by atoms with E-state index >= 15 is 4.39 Å². The molecule has 0 spiro atoms. The summed E-state index contributed by atoms with van der Waals surface area (Å²) in [6.07, 6.45) is 2.25. The minimum atomic E-state index is -0.574. The molecule has 5 aromatic rings. The number of ether oxygens (including phenoxy) is 3. The molecule has 2 heterocycles. The normalized spacial score (nSPS) is 12.8. The second-order valence-corrected chi connectivity index (χ2v) is 10.9. The summed E-state index contributed by atoms with van der Waals surface area (Å²) in [6.45, 7) is 3.89. The van der Waals surface area contributed by atoms with Crippen LogP contribution in [0.5, 0.6) is 17.2 Å². The predicted molar refractivity (Wildman–Crippen MR) is 164 cm³/mol. The van der Waals surface area contributed by atoms with Gasteiger partial charge < -0.3 is 29.6 Å². The number of benzene rings is 4. The van der Waals surface area contributed by atoms with E-state index in [-0.39, 0.29) is 30.4 Å². The predicted octanol–water partition coefficient (Wildman–Crippen LogP) is 6.66. The van der Waals surface area contributed by atoms with Gasteiger partial charge in [0.05, 0.1) is 25.9 Å². The Morgan fingerprint density at radius 1 is 1.00 bits per heavy atom. The molecule has 4 aromatic carbocycles. The summed E-state index contributed by atoms with van der Waals surface area (Å²) in [7, 11) is 1.58. The summed E-state index contributed by atoms with van der Waals surface area (Å²) in [6, 6.07) is 20.9. The number of fused-ring (bicyclic) bond motifs is 4. The molecule has 1 aliphatic rings. The molecule has 1 amide bonds. The van der Waals surface area contributed by atoms with Crippen LogP contribution in [0.2, 0.25) is 0 Å². The number of carbonyl (C=O) groups is 1. The van der Waals surface area contributed by atoms with Gasteiger partial charge in [0.1, 0.15) is 18.2 Å². The molecule has 7 nitrogen and oxygen atoms in total. The van der Waals surface area contributed by atoms with E-state index in [4.69, 9.17) is 14.2 Å². The van der Waals surface area contributed by atoms with Crippen molar-refractivity contribution in [2.75, 3.05) is 13.7 Å². The zero-order valence-corrected chi connectivity index (χ0v) is 24.2. The lowest BCUT2D eigenvalue weighted by Gasteiger charge is -2.26. The lowest BCUT2D eigenvalue weighted by atomic mass is 9.90. The van der Waals surface area contributed by atoms with Crippen LogP contribution < -0.4 is 19.5 Å². The Morgan fingerprint density at radius 3 is 2.56 bits per heavy atom. The first-order valence-electron chi connectivity index (χ1n) is 14.3. The smallest absolute Gasteiger partial charge is 0.252 e. The van der Waals surface area contributed by atoms with Crippen LogP contribution in [0.15, 0.2) is 79.0 Å². The fourth-order valence-corrected chi connectivity index (χ4v) is 5.62. The molecule has 0 aliphatic carbocycles. The zero-order chi connectivity index (χ0) is 30.1. The maximum atomic E-state index is 15.1. The molecule has 0 saturated heterocycles. The van der Waals surface area contributed by atoms with Crippen LogP contribution in [0.4, 0.5) is 4.39 Å². The number of carbonyl (C=O) groups excluding carboxylic acids is 1. The van der Waals surface area contributed by atoms with Crippen LogP contribution in [0.1, 0.15) is 35.3 Å². The number of rotatable bonds is 9. The van der Waals surface area contributed by atoms with Crippen molar-refractivity contribution < 1.29 is 28.5 Å². The van der Waals surface area contributed by atoms with E-state index < -0.39 is 17.8 Å². The van der Waals surface area contributed by atoms with Crippen molar-refractivity contribution in [3.8, 4) is 39.5 Å². The number of aliphatic hydroxyl groups excluding tert-OH is 1. The van der Waals surface area contributed by atoms with E-state index in [1.54, 1.807) is 37.4 Å². The molecule has 3 N–H and O–H groups in total. The molecule has 6 rings (SSSR count). The minimum absolute atomic E-state index is 0.0499. The molecule has 0 saturated carbocycles. The van der Waals surface area contributed by atoms with E-state index in [9.17, 15) is 9.90 Å². The number of hydrogen-bond acceptors (Lipinski definition) is 5. The number of aromatic nitrogens is 1. The average molecular weight is 581 g/mol. The van der Waals surface area contributed by atoms with Crippen molar-refractivity contribution in [2.45, 2.75) is 39.0 Å². The highest BCUT2D eigenvalue weighted by atomic mass is 19.1. The van der Waals surface area contributed by atoms with Crippen molar-refractivity contribution in [1.29, 1.82) is 0 Å². The van der Waals surface area contributed by atoms with Crippen LogP contribution in [0, 0.1) is 5.82 Å². The van der Waals surface area contributed by atoms with Crippen molar-refractivity contribution in [3.05, 3.63) is 102 Å². The molecule has 8 heteroatoms. The Bertz CT molecular complexity index is 1810. The fraction of sp³-hybridized carbons (Fsp3) is 0.229. The van der Waals surface area contributed by atoms with E-state index in [1.807, 2.05) is 56.4 Å². The zero-order valence-electron chi connectivity index (χ0n) is 24.2. The second kappa shape index (κ2) is 11.8. The Morgan fingerprint density at radius 2 is 1.79 bits per heavy atom. The van der Waals surface area contributed by atoms with E-state index in [0.29, 0.717) is 34.8 Å². The maximum absolute atomic E-state index is 15.1. The third-order valence-corrected chi connectivity index (χ3v) is 7.65. The average Bonchev–Trinajstić information content (AvgIpc) is 3.42. The Hall–Kier alpha value is -4.82. The number of aliphatic hydroxyl groups is 1. The minimum Gasteiger partial charge on any atom is -0.493 e. The molecule has 0 radical (unpaired) electrons. The molecule has 1 unspecified atom stereocenters. The van der Waals surface area contributed by atoms with Gasteiger partial charge in [0, 0.05) is 44.9 Å². The largest absolute Gasteiger partial charge is 0.493 e. The molecule has 1 aliphatic heterocycles. The van der Waals surface area contributed by atoms with Crippen molar-refractivity contribution in [2.24, 2.45) is 0 Å². The van der Waals surface area contributed by atoms with E-state index in [1.165, 1.54) is 6.07 Å². The molecule has 1 atom stereocenters. The molecule has 0 fully saturated rings. The van der Waals surface area contributed by atoms with Gasteiger partial charge >= 0.3 is 0 Å². The van der Waals surface area contributed by atoms with E-state index in [0.717, 1.165) is 27.6 Å². The number of amides is 1. The van der Waals surface area contributed by atoms with Crippen LogP contribution >= 0.6 is 0 Å². The summed E-state index contributed by atoms with van der Waals surface area (Å²) in [5, 5.41) is 14.3. The summed E-state index contributed by atoms with van der Waals surface area (Å²) in [4.78, 5) is 17.2. The van der Waals surface area contributed by atoms with Gasteiger partial charge in [0.15, 0.2) is 11.5 Å². The monoisotopic (exact) mass is 580 g/mol. The molecule has 0 bridgehead atoms. The highest BCUT2D eigenvalue weighted by Crippen LogP contribution is 2.46. The number of halogens is 1. The molecule has 43 heavy (non-hydrogen) atoms. The first kappa shape index (κ1) is 28.3. The number of methoxy groups -OCH3 is 1. The second-order valence-electron chi connectivity index (χ2n) is 10.9. The third-order valence-electron chi connectivity index (χ3n) is 7.65. The van der Waals surface area contributed by atoms with Gasteiger partial charge in [-0.3, -0.25) is 4.79 Å². The highest BCUT2D eigenvalue weighted by Gasteiger charge is 2.27. The van der Waals surface area contributed by atoms with Gasteiger partial charge in [-0.15, -0.1) is 0 Å². The SMILES string of the molecule is COc1cc2c(cc1OC(C)C)COc1cc(-c3ccccc3F)c(C(=O)NC(CO)Cc3c[nH]c4ccccc34)cc1-2. The van der Waals surface area contributed by atoms with Crippen LogP contribution in [-0.4, -0.2) is 41.9 Å². The van der Waals surface area contributed by atoms with Crippen LogP contribution in [0.3, 0.4) is 0 Å². The maximum Gasteiger partial charge on any atom is 0.252 e. The molecule has 1 aromatic heterocycles. The Balaban J connectivity index is 1.41. The standard InChI is InChI=1S/C35H33FN2O5/c1-20(2)43-34-13-22-19-42-32-16-27(25-9-4-6-10-30(25)36)29(14-28(32)26(22)15-33(34)41-3)35(40)38-23(18-39)12-21-17-37-31-11-7-5-8-24(21)31/h4-11,13-17,20,23,37,39H,12,18-19H2,1-3H3,(H,38,40). The highest BCUT2D eigenvalue weighted by molar-refractivity contribution is 6.03. The van der Waals surface area contributed by atoms with Crippen molar-refractivity contribution in [1.82, 2.24) is 10.3 Å². The first-order valence-corrected chi connectivity index (χ1v) is 14.3. The molecular weight excluding hydrogens is 547 g/mol. The van der Waals surface area contributed by atoms with E-state index in [2.05, 4.69) is 10.3 Å². The van der Waals surface area contributed by atoms with Gasteiger partial charge in [-0.05, 0) is 67.8 Å². The summed E-state index contributed by atoms with van der Waals surface area (Å²) < 4.78 is 32.9. The number of nitrogens with one attached hydrogen (secondary N) is 2. The fourth-order valence-electron chi connectivity index (χ4n) is 5.62. The number of H-pyrrole nitrogens is 1. The topological polar surface area (TPSA) is 92.8 Å². The van der Waals surface area contributed by atoms with Crippen LogP contribution in [-0.2, 0) is 13.0 Å². The Labute approximate surface area is 249 Å². The van der Waals surface area contributed by atoms with Crippen molar-refractivity contribution >= 4 is 16.8 Å². The van der Waals surface area contributed by atoms with Crippen LogP contribution in [0.25, 0.3) is 33.2 Å². The first-order chi connectivity index (χ1) is 20.9. The van der Waals surface area contributed by atoms with Crippen molar-refractivity contribution in [3.63, 3.8) is 0 Å². The quantitative estimate of drug-likeness (QED) is 0.181. The summed E-state index contributed by atoms with van der Waals surface area (Å²) in [5.41, 5.74) is 5.28.